The van der Waals surface area contributed by atoms with Crippen LogP contribution in [0, 0.1) is 0 Å². The maximum Gasteiger partial charge on any atom is 0.255 e. The van der Waals surface area contributed by atoms with Crippen LogP contribution < -0.4 is 10.6 Å². The average Bonchev–Trinajstić information content (AvgIpc) is 3.21. The van der Waals surface area contributed by atoms with Crippen molar-refractivity contribution in [3.8, 4) is 0 Å². The molecule has 6 heteroatoms. The van der Waals surface area contributed by atoms with E-state index in [0.29, 0.717) is 23.6 Å². The van der Waals surface area contributed by atoms with E-state index in [0.717, 1.165) is 22.2 Å². The van der Waals surface area contributed by atoms with Gasteiger partial charge in [-0.05, 0) is 41.5 Å². The number of benzene rings is 3. The molecule has 0 bridgehead atoms. The highest BCUT2D eigenvalue weighted by molar-refractivity contribution is 6.23. The van der Waals surface area contributed by atoms with Crippen LogP contribution in [0.2, 0.25) is 0 Å². The van der Waals surface area contributed by atoms with E-state index in [-0.39, 0.29) is 11.8 Å². The normalized spacial score (nSPS) is 11.3. The molecule has 1 heterocycles. The van der Waals surface area contributed by atoms with E-state index in [2.05, 4.69) is 20.6 Å². The Morgan fingerprint density at radius 3 is 2.35 bits per heavy atom. The summed E-state index contributed by atoms with van der Waals surface area (Å²) in [6, 6.07) is 24.7. The van der Waals surface area contributed by atoms with E-state index in [1.807, 2.05) is 66.7 Å². The average molecular weight is 410 g/mol. The van der Waals surface area contributed by atoms with Gasteiger partial charge in [0, 0.05) is 19.2 Å². The van der Waals surface area contributed by atoms with Gasteiger partial charge in [-0.25, -0.2) is 4.98 Å². The monoisotopic (exact) mass is 410 g/mol. The van der Waals surface area contributed by atoms with Crippen molar-refractivity contribution in [1.82, 2.24) is 15.3 Å². The molecular formula is C25H22N4O2. The Bertz CT molecular complexity index is 1210. The molecule has 4 rings (SSSR count). The van der Waals surface area contributed by atoms with Gasteiger partial charge in [0.1, 0.15) is 5.82 Å². The number of amides is 2. The number of hydrogen-bond donors (Lipinski definition) is 3. The van der Waals surface area contributed by atoms with Gasteiger partial charge in [0.25, 0.3) is 5.91 Å². The minimum Gasteiger partial charge on any atom is -0.348 e. The lowest BCUT2D eigenvalue weighted by molar-refractivity contribution is -0.116. The van der Waals surface area contributed by atoms with Gasteiger partial charge < -0.3 is 15.6 Å². The summed E-state index contributed by atoms with van der Waals surface area (Å²) in [6.07, 6.45) is 1.79. The third-order valence-electron chi connectivity index (χ3n) is 4.73. The molecule has 0 spiro atoms. The lowest BCUT2D eigenvalue weighted by atomic mass is 10.1. The second-order valence-electron chi connectivity index (χ2n) is 7.13. The quantitative estimate of drug-likeness (QED) is 0.412. The standard InChI is InChI=1S/C25H22N4O2/c1-17(30)27-20-13-11-18(12-14-20)15-21(24-28-22-9-5-6-10-23(22)29-24)25(31)26-16-19-7-3-2-4-8-19/h2-15H,16H2,1H3,(H,26,31)(H,27,30)(H,28,29). The van der Waals surface area contributed by atoms with Gasteiger partial charge >= 0.3 is 0 Å². The van der Waals surface area contributed by atoms with Crippen LogP contribution >= 0.6 is 0 Å². The molecule has 0 atom stereocenters. The third kappa shape index (κ3) is 5.05. The molecule has 2 amide bonds. The largest absolute Gasteiger partial charge is 0.348 e. The number of anilines is 1. The first-order valence-electron chi connectivity index (χ1n) is 9.95. The lowest BCUT2D eigenvalue weighted by Crippen LogP contribution is -2.24. The Balaban J connectivity index is 1.65. The van der Waals surface area contributed by atoms with Crippen LogP contribution in [0.15, 0.2) is 78.9 Å². The number of aromatic amines is 1. The summed E-state index contributed by atoms with van der Waals surface area (Å²) in [5.74, 6) is 0.137. The molecule has 4 aromatic rings. The van der Waals surface area contributed by atoms with Crippen molar-refractivity contribution < 1.29 is 9.59 Å². The number of carbonyl (C=O) groups is 2. The van der Waals surface area contributed by atoms with Crippen molar-refractivity contribution in [2.75, 3.05) is 5.32 Å². The molecule has 0 radical (unpaired) electrons. The zero-order chi connectivity index (χ0) is 21.6. The van der Waals surface area contributed by atoms with Gasteiger partial charge in [-0.3, -0.25) is 9.59 Å². The second kappa shape index (κ2) is 9.09. The van der Waals surface area contributed by atoms with Crippen molar-refractivity contribution in [2.24, 2.45) is 0 Å². The maximum atomic E-state index is 13.1. The molecule has 0 aliphatic rings. The predicted octanol–water partition coefficient (Wildman–Crippen LogP) is 4.38. The third-order valence-corrected chi connectivity index (χ3v) is 4.73. The molecule has 0 fully saturated rings. The summed E-state index contributed by atoms with van der Waals surface area (Å²) in [4.78, 5) is 32.2. The highest BCUT2D eigenvalue weighted by Crippen LogP contribution is 2.21. The number of imidazole rings is 1. The highest BCUT2D eigenvalue weighted by Gasteiger charge is 2.16. The molecule has 31 heavy (non-hydrogen) atoms. The summed E-state index contributed by atoms with van der Waals surface area (Å²) in [5.41, 5.74) is 4.61. The Morgan fingerprint density at radius 1 is 0.935 bits per heavy atom. The Labute approximate surface area is 180 Å². The molecular weight excluding hydrogens is 388 g/mol. The number of nitrogens with one attached hydrogen (secondary N) is 3. The fourth-order valence-electron chi connectivity index (χ4n) is 3.23. The van der Waals surface area contributed by atoms with Crippen LogP contribution in [0.25, 0.3) is 22.7 Å². The Kier molecular flexibility index (Phi) is 5.89. The van der Waals surface area contributed by atoms with E-state index in [9.17, 15) is 9.59 Å². The number of H-pyrrole nitrogens is 1. The van der Waals surface area contributed by atoms with E-state index in [1.54, 1.807) is 18.2 Å². The maximum absolute atomic E-state index is 13.1. The zero-order valence-corrected chi connectivity index (χ0v) is 17.1. The van der Waals surface area contributed by atoms with Crippen molar-refractivity contribution in [2.45, 2.75) is 13.5 Å². The number of carbonyl (C=O) groups excluding carboxylic acids is 2. The van der Waals surface area contributed by atoms with Gasteiger partial charge in [0.2, 0.25) is 5.91 Å². The van der Waals surface area contributed by atoms with Crippen molar-refractivity contribution in [3.05, 3.63) is 95.8 Å². The van der Waals surface area contributed by atoms with Crippen molar-refractivity contribution in [1.29, 1.82) is 0 Å². The molecule has 0 aliphatic carbocycles. The zero-order valence-electron chi connectivity index (χ0n) is 17.1. The van der Waals surface area contributed by atoms with Crippen molar-refractivity contribution >= 4 is 40.2 Å². The first kappa shape index (κ1) is 20.1. The SMILES string of the molecule is CC(=O)Nc1ccc(C=C(C(=O)NCc2ccccc2)c2nc3ccccc3[nH]2)cc1. The number of rotatable bonds is 6. The molecule has 0 aliphatic heterocycles. The molecule has 6 nitrogen and oxygen atoms in total. The number of aromatic nitrogens is 2. The van der Waals surface area contributed by atoms with E-state index < -0.39 is 0 Å². The fraction of sp³-hybridized carbons (Fsp3) is 0.0800. The molecule has 0 saturated carbocycles. The number of fused-ring (bicyclic) bond motifs is 1. The van der Waals surface area contributed by atoms with Crippen LogP contribution in [0.3, 0.4) is 0 Å². The Hall–Kier alpha value is -4.19. The minimum absolute atomic E-state index is 0.133. The minimum atomic E-state index is -0.228. The molecule has 154 valence electrons. The lowest BCUT2D eigenvalue weighted by Gasteiger charge is -2.08. The van der Waals surface area contributed by atoms with Gasteiger partial charge in [-0.2, -0.15) is 0 Å². The van der Waals surface area contributed by atoms with Gasteiger partial charge in [0.05, 0.1) is 16.6 Å². The van der Waals surface area contributed by atoms with Crippen LogP contribution in [0.5, 0.6) is 0 Å². The van der Waals surface area contributed by atoms with E-state index >= 15 is 0 Å². The first-order chi connectivity index (χ1) is 15.1. The molecule has 0 saturated heterocycles. The summed E-state index contributed by atoms with van der Waals surface area (Å²) in [5, 5.41) is 5.71. The number of nitrogens with zero attached hydrogens (tertiary/aromatic N) is 1. The van der Waals surface area contributed by atoms with Crippen LogP contribution in [-0.2, 0) is 16.1 Å². The number of para-hydroxylation sites is 2. The number of hydrogen-bond acceptors (Lipinski definition) is 3. The van der Waals surface area contributed by atoms with Gasteiger partial charge in [-0.15, -0.1) is 0 Å². The summed E-state index contributed by atoms with van der Waals surface area (Å²) < 4.78 is 0. The topological polar surface area (TPSA) is 86.9 Å². The molecule has 3 N–H and O–H groups in total. The smallest absolute Gasteiger partial charge is 0.255 e. The van der Waals surface area contributed by atoms with Crippen LogP contribution in [0.4, 0.5) is 5.69 Å². The summed E-state index contributed by atoms with van der Waals surface area (Å²) >= 11 is 0. The van der Waals surface area contributed by atoms with Crippen molar-refractivity contribution in [3.63, 3.8) is 0 Å². The molecule has 1 aromatic heterocycles. The van der Waals surface area contributed by atoms with E-state index in [4.69, 9.17) is 0 Å². The Morgan fingerprint density at radius 2 is 1.65 bits per heavy atom. The van der Waals surface area contributed by atoms with Gasteiger partial charge in [0.15, 0.2) is 0 Å². The molecule has 0 unspecified atom stereocenters. The summed E-state index contributed by atoms with van der Waals surface area (Å²) in [6.45, 7) is 1.88. The molecule has 3 aromatic carbocycles. The predicted molar refractivity (Wildman–Crippen MR) is 123 cm³/mol. The fourth-order valence-corrected chi connectivity index (χ4v) is 3.23. The second-order valence-corrected chi connectivity index (χ2v) is 7.13. The van der Waals surface area contributed by atoms with Crippen LogP contribution in [-0.4, -0.2) is 21.8 Å². The van der Waals surface area contributed by atoms with Gasteiger partial charge in [-0.1, -0.05) is 54.6 Å². The first-order valence-corrected chi connectivity index (χ1v) is 9.95. The highest BCUT2D eigenvalue weighted by atomic mass is 16.2. The summed E-state index contributed by atoms with van der Waals surface area (Å²) in [7, 11) is 0. The van der Waals surface area contributed by atoms with E-state index in [1.165, 1.54) is 6.92 Å². The van der Waals surface area contributed by atoms with Crippen LogP contribution in [0.1, 0.15) is 23.9 Å².